The van der Waals surface area contributed by atoms with Crippen LogP contribution < -0.4 is 0 Å². The molecule has 2 nitrogen and oxygen atoms in total. The molecule has 1 aliphatic heterocycles. The van der Waals surface area contributed by atoms with Crippen molar-refractivity contribution in [1.82, 2.24) is 4.90 Å². The van der Waals surface area contributed by atoms with Gasteiger partial charge in [0.05, 0.1) is 6.10 Å². The molecular formula is C15H21F2NO. The summed E-state index contributed by atoms with van der Waals surface area (Å²) in [4.78, 5) is 2.29. The monoisotopic (exact) mass is 269 g/mol. The lowest BCUT2D eigenvalue weighted by atomic mass is 9.99. The molecule has 1 heterocycles. The highest BCUT2D eigenvalue weighted by atomic mass is 19.2. The normalized spacial score (nSPS) is 22.4. The van der Waals surface area contributed by atoms with E-state index in [0.29, 0.717) is 12.3 Å². The van der Waals surface area contributed by atoms with E-state index in [0.717, 1.165) is 25.7 Å². The second kappa shape index (κ2) is 6.44. The molecule has 0 spiro atoms. The topological polar surface area (TPSA) is 23.5 Å². The summed E-state index contributed by atoms with van der Waals surface area (Å²) < 4.78 is 26.6. The van der Waals surface area contributed by atoms with Gasteiger partial charge in [-0.25, -0.2) is 8.78 Å². The molecule has 2 atom stereocenters. The molecule has 0 aliphatic carbocycles. The van der Waals surface area contributed by atoms with Crippen LogP contribution in [-0.2, 0) is 0 Å². The molecule has 0 aromatic heterocycles. The number of hydrogen-bond acceptors (Lipinski definition) is 2. The van der Waals surface area contributed by atoms with Crippen LogP contribution in [0.5, 0.6) is 0 Å². The van der Waals surface area contributed by atoms with Crippen LogP contribution in [-0.4, -0.2) is 29.6 Å². The number of aliphatic hydroxyl groups excluding tert-OH is 1. The maximum absolute atomic E-state index is 13.5. The fourth-order valence-electron chi connectivity index (χ4n) is 2.73. The summed E-state index contributed by atoms with van der Waals surface area (Å²) in [7, 11) is 0. The summed E-state index contributed by atoms with van der Waals surface area (Å²) in [5.41, 5.74) is 0.0602. The van der Waals surface area contributed by atoms with Crippen molar-refractivity contribution in [2.75, 3.05) is 19.6 Å². The Balaban J connectivity index is 1.90. The van der Waals surface area contributed by atoms with Crippen molar-refractivity contribution in [3.8, 4) is 0 Å². The Morgan fingerprint density at radius 2 is 2.21 bits per heavy atom. The largest absolute Gasteiger partial charge is 0.388 e. The molecule has 2 rings (SSSR count). The van der Waals surface area contributed by atoms with E-state index < -0.39 is 17.7 Å². The lowest BCUT2D eigenvalue weighted by Gasteiger charge is -2.31. The van der Waals surface area contributed by atoms with Gasteiger partial charge in [-0.3, -0.25) is 0 Å². The van der Waals surface area contributed by atoms with Gasteiger partial charge in [-0.2, -0.15) is 0 Å². The van der Waals surface area contributed by atoms with Gasteiger partial charge in [0.2, 0.25) is 0 Å². The Morgan fingerprint density at radius 1 is 1.42 bits per heavy atom. The number of halogens is 2. The minimum Gasteiger partial charge on any atom is -0.388 e. The summed E-state index contributed by atoms with van der Waals surface area (Å²) in [6.45, 7) is 5.00. The zero-order chi connectivity index (χ0) is 13.8. The molecule has 106 valence electrons. The molecule has 0 amide bonds. The molecule has 2 unspecified atom stereocenters. The first kappa shape index (κ1) is 14.4. The van der Waals surface area contributed by atoms with E-state index in [2.05, 4.69) is 11.8 Å². The average Bonchev–Trinajstić information content (AvgIpc) is 2.39. The first-order chi connectivity index (χ1) is 9.08. The van der Waals surface area contributed by atoms with Crippen LogP contribution in [0.4, 0.5) is 8.78 Å². The van der Waals surface area contributed by atoms with Crippen LogP contribution in [0.15, 0.2) is 18.2 Å². The van der Waals surface area contributed by atoms with Gasteiger partial charge in [-0.1, -0.05) is 19.1 Å². The molecule has 1 N–H and O–H groups in total. The van der Waals surface area contributed by atoms with E-state index in [-0.39, 0.29) is 5.56 Å². The van der Waals surface area contributed by atoms with Crippen LogP contribution in [0.3, 0.4) is 0 Å². The molecule has 1 fully saturated rings. The highest BCUT2D eigenvalue weighted by Crippen LogP contribution is 2.23. The minimum absolute atomic E-state index is 0.0602. The van der Waals surface area contributed by atoms with Crippen molar-refractivity contribution < 1.29 is 13.9 Å². The number of likely N-dealkylation sites (tertiary alicyclic amines) is 1. The van der Waals surface area contributed by atoms with Gasteiger partial charge in [-0.15, -0.1) is 0 Å². The average molecular weight is 269 g/mol. The van der Waals surface area contributed by atoms with Crippen molar-refractivity contribution in [3.63, 3.8) is 0 Å². The summed E-state index contributed by atoms with van der Waals surface area (Å²) in [5.74, 6) is -1.15. The minimum atomic E-state index is -0.937. The van der Waals surface area contributed by atoms with Crippen LogP contribution in [0, 0.1) is 17.6 Å². The molecular weight excluding hydrogens is 248 g/mol. The standard InChI is InChI=1S/C15H21F2NO/c1-11-4-3-8-18(10-11)9-7-14(19)12-5-2-6-13(16)15(12)17/h2,5-6,11,14,19H,3-4,7-10H2,1H3. The van der Waals surface area contributed by atoms with Crippen LogP contribution in [0.25, 0.3) is 0 Å². The molecule has 19 heavy (non-hydrogen) atoms. The number of nitrogens with zero attached hydrogens (tertiary/aromatic N) is 1. The van der Waals surface area contributed by atoms with E-state index in [9.17, 15) is 13.9 Å². The van der Waals surface area contributed by atoms with Crippen LogP contribution in [0.1, 0.15) is 37.9 Å². The second-order valence-electron chi connectivity index (χ2n) is 5.50. The number of hydrogen-bond donors (Lipinski definition) is 1. The van der Waals surface area contributed by atoms with Gasteiger partial charge in [-0.05, 0) is 37.8 Å². The molecule has 0 bridgehead atoms. The predicted octanol–water partition coefficient (Wildman–Crippen LogP) is 3.12. The zero-order valence-electron chi connectivity index (χ0n) is 11.3. The first-order valence-corrected chi connectivity index (χ1v) is 6.92. The maximum Gasteiger partial charge on any atom is 0.164 e. The lowest BCUT2D eigenvalue weighted by Crippen LogP contribution is -2.35. The highest BCUT2D eigenvalue weighted by molar-refractivity contribution is 5.21. The fraction of sp³-hybridized carbons (Fsp3) is 0.600. The van der Waals surface area contributed by atoms with E-state index in [1.54, 1.807) is 0 Å². The number of benzene rings is 1. The Kier molecular flexibility index (Phi) is 4.88. The van der Waals surface area contributed by atoms with E-state index >= 15 is 0 Å². The van der Waals surface area contributed by atoms with Gasteiger partial charge in [0.25, 0.3) is 0 Å². The molecule has 1 aromatic rings. The second-order valence-corrected chi connectivity index (χ2v) is 5.50. The molecule has 4 heteroatoms. The van der Waals surface area contributed by atoms with E-state index in [4.69, 9.17) is 0 Å². The Hall–Kier alpha value is -1.00. The molecule has 0 saturated carbocycles. The van der Waals surface area contributed by atoms with Gasteiger partial charge < -0.3 is 10.0 Å². The third-order valence-corrected chi connectivity index (χ3v) is 3.80. The quantitative estimate of drug-likeness (QED) is 0.907. The van der Waals surface area contributed by atoms with Crippen molar-refractivity contribution in [2.45, 2.75) is 32.3 Å². The van der Waals surface area contributed by atoms with Crippen LogP contribution >= 0.6 is 0 Å². The Bertz CT molecular complexity index is 425. The first-order valence-electron chi connectivity index (χ1n) is 6.92. The molecule has 1 saturated heterocycles. The number of piperidine rings is 1. The van der Waals surface area contributed by atoms with Crippen molar-refractivity contribution in [2.24, 2.45) is 5.92 Å². The third-order valence-electron chi connectivity index (χ3n) is 3.80. The molecule has 1 aliphatic rings. The van der Waals surface area contributed by atoms with E-state index in [1.165, 1.54) is 25.0 Å². The summed E-state index contributed by atoms with van der Waals surface area (Å²) in [6, 6.07) is 3.94. The summed E-state index contributed by atoms with van der Waals surface area (Å²) in [6.07, 6.45) is 1.92. The van der Waals surface area contributed by atoms with Gasteiger partial charge in [0, 0.05) is 18.7 Å². The van der Waals surface area contributed by atoms with Crippen molar-refractivity contribution in [3.05, 3.63) is 35.4 Å². The third kappa shape index (κ3) is 3.74. The van der Waals surface area contributed by atoms with Gasteiger partial charge >= 0.3 is 0 Å². The SMILES string of the molecule is CC1CCCN(CCC(O)c2cccc(F)c2F)C1. The molecule has 1 aromatic carbocycles. The zero-order valence-corrected chi connectivity index (χ0v) is 11.3. The summed E-state index contributed by atoms with van der Waals surface area (Å²) >= 11 is 0. The highest BCUT2D eigenvalue weighted by Gasteiger charge is 2.19. The van der Waals surface area contributed by atoms with Crippen molar-refractivity contribution >= 4 is 0 Å². The maximum atomic E-state index is 13.5. The smallest absolute Gasteiger partial charge is 0.164 e. The van der Waals surface area contributed by atoms with Gasteiger partial charge in [0.15, 0.2) is 11.6 Å². The van der Waals surface area contributed by atoms with Crippen LogP contribution in [0.2, 0.25) is 0 Å². The molecule has 0 radical (unpaired) electrons. The Labute approximate surface area is 113 Å². The number of rotatable bonds is 4. The fourth-order valence-corrected chi connectivity index (χ4v) is 2.73. The summed E-state index contributed by atoms with van der Waals surface area (Å²) in [5, 5.41) is 9.99. The van der Waals surface area contributed by atoms with Crippen molar-refractivity contribution in [1.29, 1.82) is 0 Å². The number of aliphatic hydroxyl groups is 1. The van der Waals surface area contributed by atoms with Gasteiger partial charge in [0.1, 0.15) is 0 Å². The Morgan fingerprint density at radius 3 is 2.95 bits per heavy atom. The van der Waals surface area contributed by atoms with E-state index in [1.807, 2.05) is 0 Å². The predicted molar refractivity (Wildman–Crippen MR) is 70.8 cm³/mol. The lowest BCUT2D eigenvalue weighted by molar-refractivity contribution is 0.119.